The Kier molecular flexibility index (Phi) is 7.11. The number of carbonyl (C=O) groups is 2. The second-order valence-electron chi connectivity index (χ2n) is 8.60. The van der Waals surface area contributed by atoms with Gasteiger partial charge in [-0.15, -0.1) is 0 Å². The molecule has 0 radical (unpaired) electrons. The molecule has 1 aliphatic rings. The van der Waals surface area contributed by atoms with Gasteiger partial charge < -0.3 is 14.2 Å². The van der Waals surface area contributed by atoms with Gasteiger partial charge in [0.2, 0.25) is 10.0 Å². The van der Waals surface area contributed by atoms with Gasteiger partial charge in [0.25, 0.3) is 5.91 Å². The Labute approximate surface area is 205 Å². The van der Waals surface area contributed by atoms with E-state index in [0.29, 0.717) is 48.4 Å². The third-order valence-corrected chi connectivity index (χ3v) is 7.52. The number of imidazole rings is 1. The fraction of sp³-hybridized carbons (Fsp3) is 0.400. The van der Waals surface area contributed by atoms with Crippen molar-refractivity contribution in [2.24, 2.45) is 13.0 Å². The first-order valence-corrected chi connectivity index (χ1v) is 13.4. The number of benzene rings is 2. The largest absolute Gasteiger partial charge is 0.466 e. The summed E-state index contributed by atoms with van der Waals surface area (Å²) in [5.41, 5.74) is 2.59. The zero-order chi connectivity index (χ0) is 25.2. The molecular weight excluding hydrogens is 468 g/mol. The van der Waals surface area contributed by atoms with E-state index >= 15 is 0 Å². The summed E-state index contributed by atoms with van der Waals surface area (Å²) in [7, 11) is -1.73. The number of carbonyl (C=O) groups excluding carboxylic acids is 2. The van der Waals surface area contributed by atoms with Crippen molar-refractivity contribution in [3.05, 3.63) is 48.0 Å². The summed E-state index contributed by atoms with van der Waals surface area (Å²) < 4.78 is 34.1. The average molecular weight is 499 g/mol. The molecule has 1 saturated heterocycles. The Morgan fingerprint density at radius 2 is 1.91 bits per heavy atom. The molecule has 4 rings (SSSR count). The Bertz CT molecular complexity index is 1350. The molecule has 1 amide bonds. The Balaban J connectivity index is 1.80. The molecule has 186 valence electrons. The van der Waals surface area contributed by atoms with E-state index in [9.17, 15) is 18.0 Å². The lowest BCUT2D eigenvalue weighted by atomic mass is 9.97. The van der Waals surface area contributed by atoms with Crippen LogP contribution in [0.5, 0.6) is 0 Å². The highest BCUT2D eigenvalue weighted by molar-refractivity contribution is 7.92. The molecule has 2 heterocycles. The van der Waals surface area contributed by atoms with Crippen LogP contribution in [0.1, 0.15) is 37.0 Å². The van der Waals surface area contributed by atoms with Crippen LogP contribution in [0.15, 0.2) is 42.5 Å². The van der Waals surface area contributed by atoms with E-state index in [2.05, 4.69) is 4.72 Å². The number of hydrogen-bond donors (Lipinski definition) is 1. The summed E-state index contributed by atoms with van der Waals surface area (Å²) in [4.78, 5) is 32.5. The Morgan fingerprint density at radius 3 is 2.60 bits per heavy atom. The predicted octanol–water partition coefficient (Wildman–Crippen LogP) is 3.42. The molecule has 1 fully saturated rings. The highest BCUT2D eigenvalue weighted by Gasteiger charge is 2.31. The van der Waals surface area contributed by atoms with E-state index in [-0.39, 0.29) is 35.8 Å². The second-order valence-corrected chi connectivity index (χ2v) is 10.6. The first-order chi connectivity index (χ1) is 16.7. The molecule has 2 aromatic carbocycles. The van der Waals surface area contributed by atoms with Crippen LogP contribution in [0.3, 0.4) is 0 Å². The lowest BCUT2D eigenvalue weighted by Gasteiger charge is -2.31. The number of likely N-dealkylation sites (tertiary alicyclic amines) is 1. The van der Waals surface area contributed by atoms with Crippen molar-refractivity contribution in [1.82, 2.24) is 14.5 Å². The van der Waals surface area contributed by atoms with Crippen molar-refractivity contribution in [3.8, 4) is 11.4 Å². The highest BCUT2D eigenvalue weighted by Crippen LogP contribution is 2.31. The van der Waals surface area contributed by atoms with Crippen LogP contribution in [-0.4, -0.2) is 60.2 Å². The van der Waals surface area contributed by atoms with E-state index in [1.54, 1.807) is 30.9 Å². The summed E-state index contributed by atoms with van der Waals surface area (Å²) in [6, 6.07) is 12.8. The minimum atomic E-state index is -3.56. The Morgan fingerprint density at radius 1 is 1.17 bits per heavy atom. The molecule has 35 heavy (non-hydrogen) atoms. The highest BCUT2D eigenvalue weighted by atomic mass is 32.2. The number of nitrogens with one attached hydrogen (secondary N) is 1. The van der Waals surface area contributed by atoms with Gasteiger partial charge in [0, 0.05) is 25.7 Å². The molecule has 1 aromatic heterocycles. The maximum Gasteiger partial charge on any atom is 0.310 e. The van der Waals surface area contributed by atoms with Gasteiger partial charge in [-0.25, -0.2) is 13.4 Å². The number of ether oxygens (including phenoxy) is 1. The number of sulfonamides is 1. The number of aromatic nitrogens is 2. The molecule has 0 spiro atoms. The standard InChI is InChI=1S/C25H30N4O5S/c1-4-34-25(31)18-12-9-13-29(16-18)24(30)20-14-19(27-35(32,33)5-2)15-21-22(20)28(3)23(26-21)17-10-7-6-8-11-17/h6-8,10-11,14-15,18,27H,4-5,9,12-13,16H2,1-3H3/t18-/m1/s1. The van der Waals surface area contributed by atoms with E-state index < -0.39 is 10.0 Å². The Hall–Kier alpha value is -3.40. The number of hydrogen-bond acceptors (Lipinski definition) is 6. The van der Waals surface area contributed by atoms with Gasteiger partial charge in [-0.1, -0.05) is 30.3 Å². The normalized spacial score (nSPS) is 16.3. The van der Waals surface area contributed by atoms with Crippen molar-refractivity contribution in [1.29, 1.82) is 0 Å². The van der Waals surface area contributed by atoms with Crippen LogP contribution in [-0.2, 0) is 26.6 Å². The zero-order valence-electron chi connectivity index (χ0n) is 20.2. The van der Waals surface area contributed by atoms with Crippen LogP contribution in [0.25, 0.3) is 22.4 Å². The van der Waals surface area contributed by atoms with E-state index in [1.165, 1.54) is 0 Å². The fourth-order valence-corrected chi connectivity index (χ4v) is 5.08. The third-order valence-electron chi connectivity index (χ3n) is 6.21. The van der Waals surface area contributed by atoms with E-state index in [0.717, 1.165) is 5.56 Å². The number of amides is 1. The number of nitrogens with zero attached hydrogens (tertiary/aromatic N) is 3. The molecule has 0 aliphatic carbocycles. The predicted molar refractivity (Wildman–Crippen MR) is 134 cm³/mol. The molecule has 9 nitrogen and oxygen atoms in total. The zero-order valence-corrected chi connectivity index (χ0v) is 21.0. The number of aryl methyl sites for hydroxylation is 1. The monoisotopic (exact) mass is 498 g/mol. The van der Waals surface area contributed by atoms with Gasteiger partial charge in [-0.3, -0.25) is 14.3 Å². The molecule has 10 heteroatoms. The second kappa shape index (κ2) is 10.1. The van der Waals surface area contributed by atoms with Crippen LogP contribution < -0.4 is 4.72 Å². The lowest BCUT2D eigenvalue weighted by Crippen LogP contribution is -2.43. The van der Waals surface area contributed by atoms with Gasteiger partial charge in [-0.2, -0.15) is 0 Å². The summed E-state index contributed by atoms with van der Waals surface area (Å²) in [6.07, 6.45) is 1.35. The summed E-state index contributed by atoms with van der Waals surface area (Å²) in [5.74, 6) is -0.390. The molecule has 3 aromatic rings. The van der Waals surface area contributed by atoms with Crippen molar-refractivity contribution >= 4 is 38.6 Å². The summed E-state index contributed by atoms with van der Waals surface area (Å²) in [5, 5.41) is 0. The molecule has 0 saturated carbocycles. The number of esters is 1. The molecule has 1 atom stereocenters. The van der Waals surface area contributed by atoms with Gasteiger partial charge >= 0.3 is 5.97 Å². The minimum absolute atomic E-state index is 0.0981. The first-order valence-electron chi connectivity index (χ1n) is 11.8. The van der Waals surface area contributed by atoms with Gasteiger partial charge in [0.15, 0.2) is 0 Å². The molecular formula is C25H30N4O5S. The molecule has 1 N–H and O–H groups in total. The first kappa shape index (κ1) is 24.7. The van der Waals surface area contributed by atoms with E-state index in [4.69, 9.17) is 9.72 Å². The number of anilines is 1. The topological polar surface area (TPSA) is 111 Å². The van der Waals surface area contributed by atoms with Gasteiger partial charge in [0.1, 0.15) is 5.82 Å². The van der Waals surface area contributed by atoms with E-state index in [1.807, 2.05) is 41.9 Å². The van der Waals surface area contributed by atoms with Crippen molar-refractivity contribution < 1.29 is 22.7 Å². The maximum atomic E-state index is 13.8. The summed E-state index contributed by atoms with van der Waals surface area (Å²) >= 11 is 0. The maximum absolute atomic E-state index is 13.8. The summed E-state index contributed by atoms with van der Waals surface area (Å²) in [6.45, 7) is 4.36. The van der Waals surface area contributed by atoms with Crippen LogP contribution in [0.2, 0.25) is 0 Å². The van der Waals surface area contributed by atoms with Gasteiger partial charge in [0.05, 0.1) is 40.6 Å². The lowest BCUT2D eigenvalue weighted by molar-refractivity contribution is -0.149. The minimum Gasteiger partial charge on any atom is -0.466 e. The van der Waals surface area contributed by atoms with Crippen LogP contribution >= 0.6 is 0 Å². The quantitative estimate of drug-likeness (QED) is 0.500. The average Bonchev–Trinajstić information content (AvgIpc) is 3.19. The third kappa shape index (κ3) is 5.17. The SMILES string of the molecule is CCOC(=O)[C@@H]1CCCN(C(=O)c2cc(NS(=O)(=O)CC)cc3nc(-c4ccccc4)n(C)c23)C1. The van der Waals surface area contributed by atoms with Crippen molar-refractivity contribution in [2.45, 2.75) is 26.7 Å². The molecule has 0 unspecified atom stereocenters. The number of piperidine rings is 1. The van der Waals surface area contributed by atoms with Crippen molar-refractivity contribution in [2.75, 3.05) is 30.2 Å². The number of fused-ring (bicyclic) bond motifs is 1. The van der Waals surface area contributed by atoms with Gasteiger partial charge in [-0.05, 0) is 38.8 Å². The molecule has 1 aliphatic heterocycles. The van der Waals surface area contributed by atoms with Crippen LogP contribution in [0.4, 0.5) is 5.69 Å². The fourth-order valence-electron chi connectivity index (χ4n) is 4.46. The van der Waals surface area contributed by atoms with Crippen molar-refractivity contribution in [3.63, 3.8) is 0 Å². The number of rotatable bonds is 7. The smallest absolute Gasteiger partial charge is 0.310 e. The molecule has 0 bridgehead atoms. The van der Waals surface area contributed by atoms with Crippen LogP contribution in [0, 0.1) is 5.92 Å².